The molecule has 2 nitrogen and oxygen atoms in total. The van der Waals surface area contributed by atoms with Crippen LogP contribution in [0.25, 0.3) is 0 Å². The number of hydrogen-bond donors (Lipinski definition) is 1. The standard InChI is InChI=1S/C14H20ClNO/c1-2-11-4-3-7-16(9-11)10-12-8-13(15)5-6-14(12)17/h5-6,8,11,17H,2-4,7,9-10H2,1H3. The molecule has 0 radical (unpaired) electrons. The van der Waals surface area contributed by atoms with Crippen LogP contribution in [0.3, 0.4) is 0 Å². The SMILES string of the molecule is CCC1CCCN(Cc2cc(Cl)ccc2O)C1. The van der Waals surface area contributed by atoms with E-state index in [4.69, 9.17) is 11.6 Å². The van der Waals surface area contributed by atoms with Crippen LogP contribution in [-0.2, 0) is 6.54 Å². The topological polar surface area (TPSA) is 23.5 Å². The van der Waals surface area contributed by atoms with E-state index in [9.17, 15) is 5.11 Å². The summed E-state index contributed by atoms with van der Waals surface area (Å²) in [6, 6.07) is 5.27. The first-order chi connectivity index (χ1) is 8.19. The monoisotopic (exact) mass is 253 g/mol. The number of halogens is 1. The number of rotatable bonds is 3. The molecule has 0 aromatic heterocycles. The molecule has 17 heavy (non-hydrogen) atoms. The lowest BCUT2D eigenvalue weighted by atomic mass is 9.95. The van der Waals surface area contributed by atoms with Gasteiger partial charge >= 0.3 is 0 Å². The number of aromatic hydroxyl groups is 1. The summed E-state index contributed by atoms with van der Waals surface area (Å²) in [7, 11) is 0. The summed E-state index contributed by atoms with van der Waals surface area (Å²) in [5.41, 5.74) is 0.939. The number of likely N-dealkylation sites (tertiary alicyclic amines) is 1. The largest absolute Gasteiger partial charge is 0.508 e. The van der Waals surface area contributed by atoms with Crippen molar-refractivity contribution in [1.82, 2.24) is 4.90 Å². The summed E-state index contributed by atoms with van der Waals surface area (Å²) in [5.74, 6) is 1.16. The molecule has 1 unspecified atom stereocenters. The zero-order valence-electron chi connectivity index (χ0n) is 10.3. The molecule has 1 N–H and O–H groups in total. The molecule has 0 spiro atoms. The minimum Gasteiger partial charge on any atom is -0.508 e. The summed E-state index contributed by atoms with van der Waals surface area (Å²) in [4.78, 5) is 2.42. The Morgan fingerprint density at radius 3 is 3.06 bits per heavy atom. The molecule has 0 bridgehead atoms. The first kappa shape index (κ1) is 12.7. The number of hydrogen-bond acceptors (Lipinski definition) is 2. The van der Waals surface area contributed by atoms with E-state index in [1.54, 1.807) is 12.1 Å². The van der Waals surface area contributed by atoms with Crippen molar-refractivity contribution >= 4 is 11.6 Å². The normalized spacial score (nSPS) is 21.6. The van der Waals surface area contributed by atoms with Crippen LogP contribution in [0.4, 0.5) is 0 Å². The van der Waals surface area contributed by atoms with E-state index < -0.39 is 0 Å². The van der Waals surface area contributed by atoms with Gasteiger partial charge in [-0.25, -0.2) is 0 Å². The summed E-state index contributed by atoms with van der Waals surface area (Å²) < 4.78 is 0. The van der Waals surface area contributed by atoms with Gasteiger partial charge in [0.1, 0.15) is 5.75 Å². The Morgan fingerprint density at radius 1 is 1.47 bits per heavy atom. The second-order valence-electron chi connectivity index (χ2n) is 4.92. The molecule has 1 aliphatic heterocycles. The average molecular weight is 254 g/mol. The van der Waals surface area contributed by atoms with Crippen LogP contribution < -0.4 is 0 Å². The van der Waals surface area contributed by atoms with E-state index >= 15 is 0 Å². The van der Waals surface area contributed by atoms with Gasteiger partial charge in [-0.2, -0.15) is 0 Å². The van der Waals surface area contributed by atoms with E-state index in [0.717, 1.165) is 31.1 Å². The molecular formula is C14H20ClNO. The third kappa shape index (κ3) is 3.36. The predicted molar refractivity (Wildman–Crippen MR) is 71.4 cm³/mol. The second kappa shape index (κ2) is 5.74. The van der Waals surface area contributed by atoms with Crippen LogP contribution in [0.15, 0.2) is 18.2 Å². The van der Waals surface area contributed by atoms with Gasteiger partial charge in [-0.3, -0.25) is 4.90 Å². The highest BCUT2D eigenvalue weighted by Gasteiger charge is 2.19. The van der Waals surface area contributed by atoms with Crippen molar-refractivity contribution in [3.05, 3.63) is 28.8 Å². The molecule has 3 heteroatoms. The van der Waals surface area contributed by atoms with E-state index in [1.807, 2.05) is 6.07 Å². The molecular weight excluding hydrogens is 234 g/mol. The van der Waals surface area contributed by atoms with E-state index in [2.05, 4.69) is 11.8 Å². The molecule has 1 aromatic rings. The molecule has 1 heterocycles. The number of phenols is 1. The van der Waals surface area contributed by atoms with Gasteiger partial charge in [0, 0.05) is 23.7 Å². The molecule has 1 fully saturated rings. The van der Waals surface area contributed by atoms with Crippen molar-refractivity contribution in [2.75, 3.05) is 13.1 Å². The van der Waals surface area contributed by atoms with E-state index in [-0.39, 0.29) is 0 Å². The lowest BCUT2D eigenvalue weighted by Gasteiger charge is -2.32. The Labute approximate surface area is 108 Å². The molecule has 0 amide bonds. The first-order valence-corrected chi connectivity index (χ1v) is 6.76. The quantitative estimate of drug-likeness (QED) is 0.889. The summed E-state index contributed by atoms with van der Waals surface area (Å²) in [5, 5.41) is 10.5. The van der Waals surface area contributed by atoms with Crippen molar-refractivity contribution in [1.29, 1.82) is 0 Å². The Hall–Kier alpha value is -0.730. The Kier molecular flexibility index (Phi) is 4.30. The molecule has 1 atom stereocenters. The zero-order valence-corrected chi connectivity index (χ0v) is 11.1. The smallest absolute Gasteiger partial charge is 0.120 e. The fraction of sp³-hybridized carbons (Fsp3) is 0.571. The molecule has 1 aromatic carbocycles. The maximum atomic E-state index is 9.80. The number of piperidine rings is 1. The van der Waals surface area contributed by atoms with Crippen molar-refractivity contribution in [2.24, 2.45) is 5.92 Å². The van der Waals surface area contributed by atoms with Gasteiger partial charge in [0.05, 0.1) is 0 Å². The Bertz CT molecular complexity index is 380. The third-order valence-corrected chi connectivity index (χ3v) is 3.85. The number of benzene rings is 1. The molecule has 94 valence electrons. The van der Waals surface area contributed by atoms with Gasteiger partial charge in [0.2, 0.25) is 0 Å². The lowest BCUT2D eigenvalue weighted by Crippen LogP contribution is -2.34. The highest BCUT2D eigenvalue weighted by molar-refractivity contribution is 6.30. The van der Waals surface area contributed by atoms with Gasteiger partial charge in [-0.05, 0) is 43.5 Å². The average Bonchev–Trinajstić information content (AvgIpc) is 2.34. The third-order valence-electron chi connectivity index (χ3n) is 3.62. The van der Waals surface area contributed by atoms with E-state index in [0.29, 0.717) is 10.8 Å². The van der Waals surface area contributed by atoms with Gasteiger partial charge in [-0.1, -0.05) is 24.9 Å². The van der Waals surface area contributed by atoms with Crippen LogP contribution >= 0.6 is 11.6 Å². The molecule has 0 saturated carbocycles. The minimum absolute atomic E-state index is 0.355. The molecule has 2 rings (SSSR count). The van der Waals surface area contributed by atoms with Gasteiger partial charge < -0.3 is 5.11 Å². The van der Waals surface area contributed by atoms with Crippen LogP contribution in [0.5, 0.6) is 5.75 Å². The summed E-state index contributed by atoms with van der Waals surface area (Å²) >= 11 is 5.96. The van der Waals surface area contributed by atoms with Crippen LogP contribution in [-0.4, -0.2) is 23.1 Å². The number of phenolic OH excluding ortho intramolecular Hbond substituents is 1. The molecule has 1 aliphatic rings. The Balaban J connectivity index is 2.02. The van der Waals surface area contributed by atoms with Crippen molar-refractivity contribution in [2.45, 2.75) is 32.7 Å². The lowest BCUT2D eigenvalue weighted by molar-refractivity contribution is 0.163. The van der Waals surface area contributed by atoms with Crippen molar-refractivity contribution < 1.29 is 5.11 Å². The fourth-order valence-corrected chi connectivity index (χ4v) is 2.74. The summed E-state index contributed by atoms with van der Waals surface area (Å²) in [6.07, 6.45) is 3.85. The van der Waals surface area contributed by atoms with E-state index in [1.165, 1.54) is 19.3 Å². The predicted octanol–water partition coefficient (Wildman–Crippen LogP) is 3.67. The zero-order chi connectivity index (χ0) is 12.3. The van der Waals surface area contributed by atoms with Gasteiger partial charge in [0.15, 0.2) is 0 Å². The van der Waals surface area contributed by atoms with Gasteiger partial charge in [-0.15, -0.1) is 0 Å². The molecule has 1 saturated heterocycles. The van der Waals surface area contributed by atoms with Gasteiger partial charge in [0.25, 0.3) is 0 Å². The highest BCUT2D eigenvalue weighted by Crippen LogP contribution is 2.26. The Morgan fingerprint density at radius 2 is 2.29 bits per heavy atom. The minimum atomic E-state index is 0.355. The second-order valence-corrected chi connectivity index (χ2v) is 5.36. The maximum absolute atomic E-state index is 9.80. The maximum Gasteiger partial charge on any atom is 0.120 e. The van der Waals surface area contributed by atoms with Crippen LogP contribution in [0, 0.1) is 5.92 Å². The summed E-state index contributed by atoms with van der Waals surface area (Å²) in [6.45, 7) is 5.33. The van der Waals surface area contributed by atoms with Crippen molar-refractivity contribution in [3.8, 4) is 5.75 Å². The fourth-order valence-electron chi connectivity index (χ4n) is 2.55. The first-order valence-electron chi connectivity index (χ1n) is 6.38. The molecule has 0 aliphatic carbocycles. The van der Waals surface area contributed by atoms with Crippen LogP contribution in [0.2, 0.25) is 5.02 Å². The van der Waals surface area contributed by atoms with Crippen molar-refractivity contribution in [3.63, 3.8) is 0 Å². The highest BCUT2D eigenvalue weighted by atomic mass is 35.5. The number of nitrogens with zero attached hydrogens (tertiary/aromatic N) is 1. The van der Waals surface area contributed by atoms with Crippen LogP contribution in [0.1, 0.15) is 31.7 Å².